The molecule has 1 N–H and O–H groups in total. The Morgan fingerprint density at radius 3 is 2.71 bits per heavy atom. The van der Waals surface area contributed by atoms with Crippen LogP contribution < -0.4 is 5.32 Å². The van der Waals surface area contributed by atoms with Gasteiger partial charge in [-0.3, -0.25) is 0 Å². The van der Waals surface area contributed by atoms with E-state index in [2.05, 4.69) is 21.8 Å². The van der Waals surface area contributed by atoms with Crippen molar-refractivity contribution in [1.29, 1.82) is 0 Å². The monoisotopic (exact) mass is 289 g/mol. The molecule has 0 unspecified atom stereocenters. The summed E-state index contributed by atoms with van der Waals surface area (Å²) >= 11 is 0. The summed E-state index contributed by atoms with van der Waals surface area (Å²) in [5.41, 5.74) is 1.55. The second-order valence-electron chi connectivity index (χ2n) is 6.15. The van der Waals surface area contributed by atoms with Gasteiger partial charge in [0.05, 0.1) is 5.52 Å². The second kappa shape index (κ2) is 5.76. The van der Waals surface area contributed by atoms with Gasteiger partial charge < -0.3 is 9.88 Å². The summed E-state index contributed by atoms with van der Waals surface area (Å²) in [4.78, 5) is 4.62. The number of fused-ring (bicyclic) bond motifs is 1. The molecule has 1 aliphatic rings. The summed E-state index contributed by atoms with van der Waals surface area (Å²) in [6.07, 6.45) is 7.09. The maximum Gasteiger partial charge on any atom is 0.151 e. The normalized spacial score (nSPS) is 18.2. The maximum atomic E-state index is 14.0. The molecular weight excluding hydrogens is 265 g/mol. The minimum Gasteiger partial charge on any atom is -0.328 e. The fraction of sp³-hybridized carbons (Fsp3) is 0.588. The van der Waals surface area contributed by atoms with Gasteiger partial charge in [0, 0.05) is 18.5 Å². The van der Waals surface area contributed by atoms with Crippen LogP contribution in [-0.2, 0) is 13.0 Å². The molecule has 1 aliphatic carbocycles. The average molecular weight is 289 g/mol. The van der Waals surface area contributed by atoms with Crippen LogP contribution in [0.5, 0.6) is 0 Å². The number of aryl methyl sites for hydroxylation is 1. The largest absolute Gasteiger partial charge is 0.328 e. The number of hydrogen-bond acceptors (Lipinski definition) is 2. The van der Waals surface area contributed by atoms with Crippen LogP contribution in [0.15, 0.2) is 18.2 Å². The van der Waals surface area contributed by atoms with Gasteiger partial charge in [-0.2, -0.15) is 0 Å². The number of likely N-dealkylation sites (N-methyl/N-ethyl adjacent to an activating group) is 1. The molecule has 1 saturated carbocycles. The third-order valence-corrected chi connectivity index (χ3v) is 4.96. The van der Waals surface area contributed by atoms with Gasteiger partial charge in [0.2, 0.25) is 0 Å². The Morgan fingerprint density at radius 1 is 1.29 bits per heavy atom. The number of benzene rings is 1. The number of nitrogens with one attached hydrogen (secondary N) is 1. The lowest BCUT2D eigenvalue weighted by atomic mass is 9.79. The Hall–Kier alpha value is -1.42. The molecule has 1 heterocycles. The fourth-order valence-electron chi connectivity index (χ4n) is 3.70. The Bertz CT molecular complexity index is 626. The summed E-state index contributed by atoms with van der Waals surface area (Å²) in [7, 11) is 2.05. The molecule has 0 spiro atoms. The lowest BCUT2D eigenvalue weighted by Gasteiger charge is -2.37. The van der Waals surface area contributed by atoms with Crippen LogP contribution in [0.1, 0.15) is 44.9 Å². The van der Waals surface area contributed by atoms with Crippen LogP contribution in [0.4, 0.5) is 4.39 Å². The second-order valence-corrected chi connectivity index (χ2v) is 6.15. The molecule has 3 rings (SSSR count). The van der Waals surface area contributed by atoms with E-state index in [1.807, 2.05) is 13.1 Å². The van der Waals surface area contributed by atoms with E-state index in [0.29, 0.717) is 5.52 Å². The van der Waals surface area contributed by atoms with E-state index in [4.69, 9.17) is 0 Å². The van der Waals surface area contributed by atoms with Crippen LogP contribution in [0, 0.1) is 5.82 Å². The van der Waals surface area contributed by atoms with E-state index in [9.17, 15) is 4.39 Å². The standard InChI is InChI=1S/C17H24FN3/c1-3-21-14-9-7-8-13(18)16(14)20-15(21)12-17(19-2)10-5-4-6-11-17/h7-9,19H,3-6,10-12H2,1-2H3. The average Bonchev–Trinajstić information content (AvgIpc) is 2.86. The van der Waals surface area contributed by atoms with Gasteiger partial charge in [-0.05, 0) is 38.9 Å². The highest BCUT2D eigenvalue weighted by atomic mass is 19.1. The van der Waals surface area contributed by atoms with Crippen molar-refractivity contribution >= 4 is 11.0 Å². The van der Waals surface area contributed by atoms with Gasteiger partial charge in [0.15, 0.2) is 5.82 Å². The van der Waals surface area contributed by atoms with E-state index in [1.165, 1.54) is 38.2 Å². The van der Waals surface area contributed by atoms with Crippen LogP contribution in [0.2, 0.25) is 0 Å². The van der Waals surface area contributed by atoms with Crippen molar-refractivity contribution in [3.05, 3.63) is 29.8 Å². The number of para-hydroxylation sites is 1. The van der Waals surface area contributed by atoms with Crippen molar-refractivity contribution in [3.8, 4) is 0 Å². The Kier molecular flexibility index (Phi) is 3.98. The van der Waals surface area contributed by atoms with Gasteiger partial charge in [0.25, 0.3) is 0 Å². The van der Waals surface area contributed by atoms with Crippen molar-refractivity contribution in [3.63, 3.8) is 0 Å². The zero-order chi connectivity index (χ0) is 14.9. The molecule has 1 aromatic heterocycles. The van der Waals surface area contributed by atoms with Crippen molar-refractivity contribution in [2.45, 2.75) is 57.5 Å². The zero-order valence-corrected chi connectivity index (χ0v) is 13.0. The van der Waals surface area contributed by atoms with Gasteiger partial charge in [0.1, 0.15) is 11.3 Å². The van der Waals surface area contributed by atoms with Gasteiger partial charge >= 0.3 is 0 Å². The van der Waals surface area contributed by atoms with Crippen molar-refractivity contribution < 1.29 is 4.39 Å². The Labute approximate surface area is 125 Å². The minimum absolute atomic E-state index is 0.128. The summed E-state index contributed by atoms with van der Waals surface area (Å²) in [6, 6.07) is 5.22. The summed E-state index contributed by atoms with van der Waals surface area (Å²) < 4.78 is 16.1. The van der Waals surface area contributed by atoms with E-state index in [0.717, 1.165) is 24.3 Å². The van der Waals surface area contributed by atoms with Gasteiger partial charge in [-0.1, -0.05) is 25.3 Å². The highest BCUT2D eigenvalue weighted by Gasteiger charge is 2.32. The lowest BCUT2D eigenvalue weighted by molar-refractivity contribution is 0.239. The summed E-state index contributed by atoms with van der Waals surface area (Å²) in [5.74, 6) is 0.789. The molecule has 0 amide bonds. The first-order chi connectivity index (χ1) is 10.2. The van der Waals surface area contributed by atoms with E-state index < -0.39 is 0 Å². The van der Waals surface area contributed by atoms with E-state index in [-0.39, 0.29) is 11.4 Å². The summed E-state index contributed by atoms with van der Waals surface area (Å²) in [6.45, 7) is 2.93. The SMILES string of the molecule is CCn1c(CC2(NC)CCCCC2)nc2c(F)cccc21. The predicted molar refractivity (Wildman–Crippen MR) is 83.9 cm³/mol. The molecular formula is C17H24FN3. The lowest BCUT2D eigenvalue weighted by Crippen LogP contribution is -2.47. The smallest absolute Gasteiger partial charge is 0.151 e. The molecule has 0 atom stereocenters. The molecule has 21 heavy (non-hydrogen) atoms. The third-order valence-electron chi connectivity index (χ3n) is 4.96. The van der Waals surface area contributed by atoms with Crippen LogP contribution in [0.3, 0.4) is 0 Å². The number of rotatable bonds is 4. The van der Waals surface area contributed by atoms with Crippen LogP contribution in [-0.4, -0.2) is 22.1 Å². The minimum atomic E-state index is -0.219. The first-order valence-corrected chi connectivity index (χ1v) is 8.01. The Balaban J connectivity index is 2.01. The zero-order valence-electron chi connectivity index (χ0n) is 13.0. The van der Waals surface area contributed by atoms with Crippen molar-refractivity contribution in [1.82, 2.24) is 14.9 Å². The topological polar surface area (TPSA) is 29.9 Å². The number of aromatic nitrogens is 2. The molecule has 0 saturated heterocycles. The number of imidazole rings is 1. The highest BCUT2D eigenvalue weighted by molar-refractivity contribution is 5.76. The van der Waals surface area contributed by atoms with Gasteiger partial charge in [-0.25, -0.2) is 9.37 Å². The number of hydrogen-bond donors (Lipinski definition) is 1. The van der Waals surface area contributed by atoms with Gasteiger partial charge in [-0.15, -0.1) is 0 Å². The molecule has 0 aliphatic heterocycles. The maximum absolute atomic E-state index is 14.0. The molecule has 4 heteroatoms. The molecule has 1 aromatic carbocycles. The first-order valence-electron chi connectivity index (χ1n) is 8.01. The molecule has 2 aromatic rings. The number of nitrogens with zero attached hydrogens (tertiary/aromatic N) is 2. The number of halogens is 1. The molecule has 3 nitrogen and oxygen atoms in total. The van der Waals surface area contributed by atoms with E-state index in [1.54, 1.807) is 6.07 Å². The van der Waals surface area contributed by atoms with E-state index >= 15 is 0 Å². The quantitative estimate of drug-likeness (QED) is 0.931. The highest BCUT2D eigenvalue weighted by Crippen LogP contribution is 2.32. The Morgan fingerprint density at radius 2 is 2.05 bits per heavy atom. The molecule has 0 radical (unpaired) electrons. The first kappa shape index (κ1) is 14.5. The predicted octanol–water partition coefficient (Wildman–Crippen LogP) is 3.66. The molecule has 114 valence electrons. The third kappa shape index (κ3) is 2.57. The van der Waals surface area contributed by atoms with Crippen molar-refractivity contribution in [2.24, 2.45) is 0 Å². The van der Waals surface area contributed by atoms with Crippen LogP contribution in [0.25, 0.3) is 11.0 Å². The molecule has 0 bridgehead atoms. The summed E-state index contributed by atoms with van der Waals surface area (Å²) in [5, 5.41) is 3.53. The van der Waals surface area contributed by atoms with Crippen LogP contribution >= 0.6 is 0 Å². The fourth-order valence-corrected chi connectivity index (χ4v) is 3.70. The van der Waals surface area contributed by atoms with Crippen molar-refractivity contribution in [2.75, 3.05) is 7.05 Å². The molecule has 1 fully saturated rings.